The van der Waals surface area contributed by atoms with E-state index in [-0.39, 0.29) is 12.5 Å². The fraction of sp³-hybridized carbons (Fsp3) is 0.793. The van der Waals surface area contributed by atoms with Crippen molar-refractivity contribution in [3.05, 3.63) is 34.0 Å². The van der Waals surface area contributed by atoms with Crippen LogP contribution < -0.4 is 4.90 Å². The predicted molar refractivity (Wildman–Crippen MR) is 154 cm³/mol. The van der Waals surface area contributed by atoms with Crippen molar-refractivity contribution in [2.75, 3.05) is 50.8 Å². The van der Waals surface area contributed by atoms with Crippen LogP contribution >= 0.6 is 0 Å². The summed E-state index contributed by atoms with van der Waals surface area (Å²) in [5.74, 6) is 0.506. The van der Waals surface area contributed by atoms with Crippen LogP contribution in [0.25, 0.3) is 0 Å². The first kappa shape index (κ1) is 32.8. The van der Waals surface area contributed by atoms with E-state index >= 15 is 0 Å². The molecule has 0 radical (unpaired) electrons. The summed E-state index contributed by atoms with van der Waals surface area (Å²) in [7, 11) is 0. The molecule has 0 saturated carbocycles. The van der Waals surface area contributed by atoms with Gasteiger partial charge in [0.05, 0.1) is 12.2 Å². The quantitative estimate of drug-likeness (QED) is 0.0797. The van der Waals surface area contributed by atoms with Crippen molar-refractivity contribution in [3.8, 4) is 0 Å². The summed E-state index contributed by atoms with van der Waals surface area (Å²) in [4.78, 5) is 36.0. The topological polar surface area (TPSA) is 112 Å². The molecule has 0 spiro atoms. The van der Waals surface area contributed by atoms with E-state index in [1.165, 1.54) is 57.8 Å². The van der Waals surface area contributed by atoms with Crippen molar-refractivity contribution in [1.29, 1.82) is 0 Å². The summed E-state index contributed by atoms with van der Waals surface area (Å²) in [6.07, 6.45) is 18.8. The molecule has 0 aromatic carbocycles. The lowest BCUT2D eigenvalue weighted by Crippen LogP contribution is -2.46. The lowest BCUT2D eigenvalue weighted by Gasteiger charge is -2.34. The molecule has 1 aliphatic rings. The van der Waals surface area contributed by atoms with Crippen molar-refractivity contribution in [2.45, 2.75) is 103 Å². The van der Waals surface area contributed by atoms with Gasteiger partial charge in [-0.3, -0.25) is 10.0 Å². The fourth-order valence-corrected chi connectivity index (χ4v) is 5.04. The van der Waals surface area contributed by atoms with Gasteiger partial charge in [0.25, 0.3) is 11.0 Å². The van der Waals surface area contributed by atoms with Crippen molar-refractivity contribution in [2.24, 2.45) is 0 Å². The highest BCUT2D eigenvalue weighted by Crippen LogP contribution is 2.16. The third kappa shape index (κ3) is 14.5. The standard InChI is InChI=1S/C29H51N5O5/c1-2-31-21-23-32(24-22-31)28-19-18-27(26-30-28)29(35)33(36)20-16-14-12-10-8-6-4-3-5-7-9-11-13-15-17-25-39-34(37)38/h18-19,26,36H,2-17,20-25H2,1H3. The molecule has 1 saturated heterocycles. The number of aromatic nitrogens is 1. The zero-order valence-electron chi connectivity index (χ0n) is 24.1. The maximum atomic E-state index is 12.5. The molecule has 1 aliphatic heterocycles. The number of hydroxylamine groups is 2. The van der Waals surface area contributed by atoms with Gasteiger partial charge < -0.3 is 14.6 Å². The number of likely N-dealkylation sites (N-methyl/N-ethyl adjacent to an activating group) is 1. The highest BCUT2D eigenvalue weighted by Gasteiger charge is 2.18. The smallest absolute Gasteiger partial charge is 0.294 e. The zero-order valence-corrected chi connectivity index (χ0v) is 24.1. The molecule has 2 heterocycles. The summed E-state index contributed by atoms with van der Waals surface area (Å²) in [5.41, 5.74) is 0.425. The number of unbranched alkanes of at least 4 members (excludes halogenated alkanes) is 14. The van der Waals surface area contributed by atoms with Crippen LogP contribution in [0.4, 0.5) is 5.82 Å². The van der Waals surface area contributed by atoms with Crippen molar-refractivity contribution >= 4 is 11.7 Å². The Morgan fingerprint density at radius 3 is 1.87 bits per heavy atom. The van der Waals surface area contributed by atoms with Crippen molar-refractivity contribution in [3.63, 3.8) is 0 Å². The lowest BCUT2D eigenvalue weighted by atomic mass is 10.0. The molecule has 39 heavy (non-hydrogen) atoms. The monoisotopic (exact) mass is 549 g/mol. The van der Waals surface area contributed by atoms with Gasteiger partial charge in [0.2, 0.25) is 0 Å². The van der Waals surface area contributed by atoms with Crippen LogP contribution in [-0.2, 0) is 4.84 Å². The van der Waals surface area contributed by atoms with Crippen molar-refractivity contribution in [1.82, 2.24) is 14.9 Å². The summed E-state index contributed by atoms with van der Waals surface area (Å²) < 4.78 is 0. The number of anilines is 1. The molecule has 1 fully saturated rings. The second kappa shape index (κ2) is 20.4. The van der Waals surface area contributed by atoms with Crippen LogP contribution in [0.15, 0.2) is 18.3 Å². The summed E-state index contributed by atoms with van der Waals surface area (Å²) >= 11 is 0. The second-order valence-corrected chi connectivity index (χ2v) is 10.6. The van der Waals surface area contributed by atoms with E-state index in [2.05, 4.69) is 26.5 Å². The van der Waals surface area contributed by atoms with Gasteiger partial charge in [0, 0.05) is 38.9 Å². The lowest BCUT2D eigenvalue weighted by molar-refractivity contribution is -0.757. The third-order valence-corrected chi connectivity index (χ3v) is 7.58. The van der Waals surface area contributed by atoms with E-state index in [0.29, 0.717) is 12.1 Å². The molecule has 222 valence electrons. The summed E-state index contributed by atoms with van der Waals surface area (Å²) in [5, 5.41) is 20.4. The number of carbonyl (C=O) groups excluding carboxylic acids is 1. The molecule has 1 aromatic heterocycles. The molecule has 1 aromatic rings. The number of rotatable bonds is 22. The zero-order chi connectivity index (χ0) is 28.1. The number of carbonyl (C=O) groups is 1. The number of pyridine rings is 1. The Bertz CT molecular complexity index is 787. The molecule has 1 N–H and O–H groups in total. The molecule has 2 rings (SSSR count). The van der Waals surface area contributed by atoms with E-state index in [4.69, 9.17) is 0 Å². The summed E-state index contributed by atoms with van der Waals surface area (Å²) in [6, 6.07) is 3.65. The molecule has 1 amide bonds. The van der Waals surface area contributed by atoms with Gasteiger partial charge in [-0.1, -0.05) is 90.4 Å². The fourth-order valence-electron chi connectivity index (χ4n) is 5.04. The van der Waals surface area contributed by atoms with Gasteiger partial charge in [-0.2, -0.15) is 0 Å². The first-order valence-corrected chi connectivity index (χ1v) is 15.2. The third-order valence-electron chi connectivity index (χ3n) is 7.58. The van der Waals surface area contributed by atoms with Gasteiger partial charge in [-0.05, 0) is 31.5 Å². The largest absolute Gasteiger partial charge is 0.354 e. The number of hydrogen-bond acceptors (Lipinski definition) is 8. The molecular formula is C29H51N5O5. The van der Waals surface area contributed by atoms with E-state index in [9.17, 15) is 20.1 Å². The molecule has 0 aliphatic carbocycles. The SMILES string of the molecule is CCN1CCN(c2ccc(C(=O)N(O)CCCCCCCCCCCCCCCCCO[N+](=O)[O-])cn2)CC1. The number of piperazine rings is 1. The minimum Gasteiger partial charge on any atom is -0.354 e. The minimum atomic E-state index is -0.719. The first-order chi connectivity index (χ1) is 19.0. The van der Waals surface area contributed by atoms with Gasteiger partial charge >= 0.3 is 0 Å². The Hall–Kier alpha value is -2.46. The highest BCUT2D eigenvalue weighted by atomic mass is 16.9. The van der Waals surface area contributed by atoms with E-state index < -0.39 is 5.09 Å². The Morgan fingerprint density at radius 2 is 1.41 bits per heavy atom. The molecule has 0 atom stereocenters. The Kier molecular flexibility index (Phi) is 17.2. The number of amides is 1. The maximum Gasteiger partial charge on any atom is 0.294 e. The molecule has 10 nitrogen and oxygen atoms in total. The second-order valence-electron chi connectivity index (χ2n) is 10.6. The highest BCUT2D eigenvalue weighted by molar-refractivity contribution is 5.93. The maximum absolute atomic E-state index is 12.5. The van der Waals surface area contributed by atoms with Crippen LogP contribution in [0, 0.1) is 10.1 Å². The van der Waals surface area contributed by atoms with Gasteiger partial charge in [-0.25, -0.2) is 10.0 Å². The molecule has 10 heteroatoms. The average Bonchev–Trinajstić information content (AvgIpc) is 2.96. The number of nitrogens with zero attached hydrogens (tertiary/aromatic N) is 5. The first-order valence-electron chi connectivity index (χ1n) is 15.2. The summed E-state index contributed by atoms with van der Waals surface area (Å²) in [6.45, 7) is 7.76. The molecular weight excluding hydrogens is 498 g/mol. The van der Waals surface area contributed by atoms with Crippen LogP contribution in [0.1, 0.15) is 114 Å². The van der Waals surface area contributed by atoms with Gasteiger partial charge in [0.1, 0.15) is 5.82 Å². The van der Waals surface area contributed by atoms with Crippen LogP contribution in [0.3, 0.4) is 0 Å². The van der Waals surface area contributed by atoms with E-state index in [1.54, 1.807) is 12.3 Å². The molecule has 0 bridgehead atoms. The van der Waals surface area contributed by atoms with Crippen LogP contribution in [0.2, 0.25) is 0 Å². The van der Waals surface area contributed by atoms with E-state index in [1.807, 2.05) is 6.07 Å². The Labute approximate surface area is 234 Å². The predicted octanol–water partition coefficient (Wildman–Crippen LogP) is 6.11. The Morgan fingerprint density at radius 1 is 0.897 bits per heavy atom. The van der Waals surface area contributed by atoms with Crippen molar-refractivity contribution < 1.29 is 19.9 Å². The van der Waals surface area contributed by atoms with Crippen LogP contribution in [0.5, 0.6) is 0 Å². The van der Waals surface area contributed by atoms with Gasteiger partial charge in [0.15, 0.2) is 0 Å². The normalized spacial score (nSPS) is 13.9. The Balaban J connectivity index is 1.40. The van der Waals surface area contributed by atoms with E-state index in [0.717, 1.165) is 82.1 Å². The number of hydrogen-bond donors (Lipinski definition) is 1. The van der Waals surface area contributed by atoms with Gasteiger partial charge in [-0.15, -0.1) is 10.1 Å². The average molecular weight is 550 g/mol. The van der Waals surface area contributed by atoms with Crippen LogP contribution in [-0.4, -0.2) is 77.0 Å². The molecule has 0 unspecified atom stereocenters. The minimum absolute atomic E-state index is 0.219.